The maximum Gasteiger partial charge on any atom is 0.254 e. The zero-order valence-corrected chi connectivity index (χ0v) is 16.4. The van der Waals surface area contributed by atoms with E-state index in [1.807, 2.05) is 0 Å². The number of aryl methyl sites for hydroxylation is 1. The minimum atomic E-state index is -0.918. The summed E-state index contributed by atoms with van der Waals surface area (Å²) in [7, 11) is 0. The molecule has 8 heteroatoms. The van der Waals surface area contributed by atoms with Crippen molar-refractivity contribution in [3.63, 3.8) is 0 Å². The van der Waals surface area contributed by atoms with Crippen LogP contribution in [0, 0.1) is 11.6 Å². The van der Waals surface area contributed by atoms with Crippen LogP contribution in [0.5, 0.6) is 0 Å². The van der Waals surface area contributed by atoms with Crippen molar-refractivity contribution in [1.29, 1.82) is 0 Å². The molecule has 2 aromatic carbocycles. The molecule has 0 saturated carbocycles. The monoisotopic (exact) mass is 426 g/mol. The van der Waals surface area contributed by atoms with Crippen molar-refractivity contribution in [2.75, 3.05) is 26.2 Å². The SMILES string of the molecule is O=C(CCc1ccc(F)c(F)c1)N1CCN(C(=O)c2cc(Cl)cc(Cl)c2)CC1. The summed E-state index contributed by atoms with van der Waals surface area (Å²) >= 11 is 11.9. The third-order valence-electron chi connectivity index (χ3n) is 4.64. The van der Waals surface area contributed by atoms with E-state index in [1.54, 1.807) is 28.0 Å². The van der Waals surface area contributed by atoms with E-state index in [-0.39, 0.29) is 18.2 Å². The number of halogens is 4. The highest BCUT2D eigenvalue weighted by molar-refractivity contribution is 6.35. The molecule has 148 valence electrons. The zero-order valence-electron chi connectivity index (χ0n) is 14.9. The van der Waals surface area contributed by atoms with E-state index in [0.29, 0.717) is 53.8 Å². The predicted molar refractivity (Wildman–Crippen MR) is 104 cm³/mol. The summed E-state index contributed by atoms with van der Waals surface area (Å²) in [5.74, 6) is -2.09. The Morgan fingerprint density at radius 1 is 0.857 bits per heavy atom. The standard InChI is InChI=1S/C20H18Cl2F2N2O2/c21-15-10-14(11-16(22)12-15)20(28)26-7-5-25(6-8-26)19(27)4-2-13-1-3-17(23)18(24)9-13/h1,3,9-12H,2,4-8H2. The van der Waals surface area contributed by atoms with Crippen LogP contribution in [0.4, 0.5) is 8.78 Å². The molecule has 0 bridgehead atoms. The molecule has 0 unspecified atom stereocenters. The first-order chi connectivity index (χ1) is 13.3. The van der Waals surface area contributed by atoms with E-state index in [9.17, 15) is 18.4 Å². The van der Waals surface area contributed by atoms with Crippen LogP contribution in [-0.2, 0) is 11.2 Å². The van der Waals surface area contributed by atoms with Crippen LogP contribution in [0.25, 0.3) is 0 Å². The van der Waals surface area contributed by atoms with Gasteiger partial charge in [-0.1, -0.05) is 29.3 Å². The average Bonchev–Trinajstić information content (AvgIpc) is 2.67. The van der Waals surface area contributed by atoms with Crippen molar-refractivity contribution < 1.29 is 18.4 Å². The Bertz CT molecular complexity index is 880. The molecule has 1 aliphatic heterocycles. The van der Waals surface area contributed by atoms with Gasteiger partial charge in [0.2, 0.25) is 5.91 Å². The normalized spacial score (nSPS) is 14.3. The number of piperazine rings is 1. The van der Waals surface area contributed by atoms with Crippen molar-refractivity contribution in [1.82, 2.24) is 9.80 Å². The molecule has 0 N–H and O–H groups in total. The highest BCUT2D eigenvalue weighted by Crippen LogP contribution is 2.21. The Morgan fingerprint density at radius 3 is 2.07 bits per heavy atom. The molecule has 2 amide bonds. The van der Waals surface area contributed by atoms with Gasteiger partial charge in [0, 0.05) is 48.2 Å². The highest BCUT2D eigenvalue weighted by atomic mass is 35.5. The number of rotatable bonds is 4. The maximum absolute atomic E-state index is 13.2. The van der Waals surface area contributed by atoms with Gasteiger partial charge in [-0.15, -0.1) is 0 Å². The lowest BCUT2D eigenvalue weighted by Crippen LogP contribution is -2.50. The average molecular weight is 427 g/mol. The summed E-state index contributed by atoms with van der Waals surface area (Å²) in [6.07, 6.45) is 0.527. The van der Waals surface area contributed by atoms with Crippen LogP contribution < -0.4 is 0 Å². The van der Waals surface area contributed by atoms with Crippen LogP contribution >= 0.6 is 23.2 Å². The number of hydrogen-bond acceptors (Lipinski definition) is 2. The Kier molecular flexibility index (Phi) is 6.52. The van der Waals surface area contributed by atoms with Gasteiger partial charge in [-0.05, 0) is 42.3 Å². The second kappa shape index (κ2) is 8.88. The summed E-state index contributed by atoms with van der Waals surface area (Å²) in [4.78, 5) is 28.3. The molecule has 0 radical (unpaired) electrons. The largest absolute Gasteiger partial charge is 0.339 e. The Hall–Kier alpha value is -2.18. The summed E-state index contributed by atoms with van der Waals surface area (Å²) in [6, 6.07) is 8.32. The van der Waals surface area contributed by atoms with Crippen molar-refractivity contribution in [3.05, 3.63) is 69.2 Å². The first kappa shape index (κ1) is 20.6. The van der Waals surface area contributed by atoms with Crippen LogP contribution in [0.2, 0.25) is 10.0 Å². The number of nitrogens with zero attached hydrogens (tertiary/aromatic N) is 2. The molecule has 4 nitrogen and oxygen atoms in total. The Labute approximate surface area is 171 Å². The third kappa shape index (κ3) is 5.00. The first-order valence-corrected chi connectivity index (χ1v) is 9.56. The summed E-state index contributed by atoms with van der Waals surface area (Å²) in [5, 5.41) is 0.781. The van der Waals surface area contributed by atoms with E-state index in [0.717, 1.165) is 12.1 Å². The molecule has 0 atom stereocenters. The van der Waals surface area contributed by atoms with Gasteiger partial charge in [0.05, 0.1) is 0 Å². The maximum atomic E-state index is 13.2. The van der Waals surface area contributed by atoms with Gasteiger partial charge in [-0.3, -0.25) is 9.59 Å². The fraction of sp³-hybridized carbons (Fsp3) is 0.300. The topological polar surface area (TPSA) is 40.6 Å². The van der Waals surface area contributed by atoms with Gasteiger partial charge in [-0.25, -0.2) is 8.78 Å². The summed E-state index contributed by atoms with van der Waals surface area (Å²) in [5.41, 5.74) is 0.981. The van der Waals surface area contributed by atoms with Crippen molar-refractivity contribution >= 4 is 35.0 Å². The molecular formula is C20H18Cl2F2N2O2. The van der Waals surface area contributed by atoms with Crippen LogP contribution in [0.1, 0.15) is 22.3 Å². The third-order valence-corrected chi connectivity index (χ3v) is 5.08. The molecule has 2 aromatic rings. The fourth-order valence-electron chi connectivity index (χ4n) is 3.12. The Morgan fingerprint density at radius 2 is 1.46 bits per heavy atom. The smallest absolute Gasteiger partial charge is 0.254 e. The molecule has 28 heavy (non-hydrogen) atoms. The number of carbonyl (C=O) groups is 2. The predicted octanol–water partition coefficient (Wildman–Crippen LogP) is 4.19. The van der Waals surface area contributed by atoms with Gasteiger partial charge in [0.15, 0.2) is 11.6 Å². The highest BCUT2D eigenvalue weighted by Gasteiger charge is 2.25. The van der Waals surface area contributed by atoms with Crippen LogP contribution in [0.3, 0.4) is 0 Å². The molecular weight excluding hydrogens is 409 g/mol. The molecule has 0 spiro atoms. The molecule has 1 heterocycles. The molecule has 0 aliphatic carbocycles. The molecule has 3 rings (SSSR count). The molecule has 1 fully saturated rings. The van der Waals surface area contributed by atoms with E-state index < -0.39 is 11.6 Å². The molecule has 1 saturated heterocycles. The van der Waals surface area contributed by atoms with E-state index >= 15 is 0 Å². The van der Waals surface area contributed by atoms with Crippen LogP contribution in [0.15, 0.2) is 36.4 Å². The van der Waals surface area contributed by atoms with Gasteiger partial charge in [0.25, 0.3) is 5.91 Å². The zero-order chi connectivity index (χ0) is 20.3. The number of amides is 2. The molecule has 1 aliphatic rings. The first-order valence-electron chi connectivity index (χ1n) is 8.80. The fourth-order valence-corrected chi connectivity index (χ4v) is 3.65. The van der Waals surface area contributed by atoms with Gasteiger partial charge in [-0.2, -0.15) is 0 Å². The lowest BCUT2D eigenvalue weighted by Gasteiger charge is -2.35. The minimum absolute atomic E-state index is 0.0809. The second-order valence-corrected chi connectivity index (χ2v) is 7.45. The van der Waals surface area contributed by atoms with E-state index in [4.69, 9.17) is 23.2 Å². The lowest BCUT2D eigenvalue weighted by atomic mass is 10.1. The quantitative estimate of drug-likeness (QED) is 0.735. The number of carbonyl (C=O) groups excluding carboxylic acids is 2. The van der Waals surface area contributed by atoms with Crippen molar-refractivity contribution in [3.8, 4) is 0 Å². The van der Waals surface area contributed by atoms with E-state index in [1.165, 1.54) is 6.07 Å². The second-order valence-electron chi connectivity index (χ2n) is 6.58. The van der Waals surface area contributed by atoms with Gasteiger partial charge in [0.1, 0.15) is 0 Å². The Balaban J connectivity index is 1.52. The van der Waals surface area contributed by atoms with Gasteiger partial charge < -0.3 is 9.80 Å². The van der Waals surface area contributed by atoms with Crippen molar-refractivity contribution in [2.24, 2.45) is 0 Å². The summed E-state index contributed by atoms with van der Waals surface area (Å²) < 4.78 is 26.2. The lowest BCUT2D eigenvalue weighted by molar-refractivity contribution is -0.132. The van der Waals surface area contributed by atoms with Crippen LogP contribution in [-0.4, -0.2) is 47.8 Å². The van der Waals surface area contributed by atoms with Gasteiger partial charge >= 0.3 is 0 Å². The molecule has 0 aromatic heterocycles. The summed E-state index contributed by atoms with van der Waals surface area (Å²) in [6.45, 7) is 1.63. The van der Waals surface area contributed by atoms with Crippen molar-refractivity contribution in [2.45, 2.75) is 12.8 Å². The number of hydrogen-bond donors (Lipinski definition) is 0. The number of benzene rings is 2. The minimum Gasteiger partial charge on any atom is -0.339 e. The van der Waals surface area contributed by atoms with E-state index in [2.05, 4.69) is 0 Å².